The molecule has 0 aliphatic heterocycles. The Morgan fingerprint density at radius 2 is 1.74 bits per heavy atom. The van der Waals surface area contributed by atoms with Crippen LogP contribution in [-0.2, 0) is 14.3 Å². The second-order valence-corrected chi connectivity index (χ2v) is 15.1. The van der Waals surface area contributed by atoms with Gasteiger partial charge >= 0.3 is 5.97 Å². The highest BCUT2D eigenvalue weighted by atomic mass is 16.6. The predicted octanol–water partition coefficient (Wildman–Crippen LogP) is 5.37. The number of Topliss-reactive ketones (excluding diaryl/α,β-unsaturated/α-hetero) is 1. The van der Waals surface area contributed by atoms with E-state index in [0.717, 1.165) is 32.1 Å². The standard InChI is InChI=1S/C32H52O6/c1-18(16-23(38-19(2)33)27(36)29(5,6)37)20-10-14-31(8)21(20)17-22(34)26-30(7)13-12-25(35)28(3,4)24(30)11-15-32(26,31)9/h18,22-24,26-27,34,36-37H,10-17H2,1-9H3/t18-,22+,23+,24+,26+,27-,30+,31+,32+/m1/s1. The number of allylic oxidation sites excluding steroid dienone is 1. The summed E-state index contributed by atoms with van der Waals surface area (Å²) in [6.07, 6.45) is 4.01. The zero-order valence-corrected chi connectivity index (χ0v) is 25.2. The molecule has 0 amide bonds. The summed E-state index contributed by atoms with van der Waals surface area (Å²) in [7, 11) is 0. The van der Waals surface area contributed by atoms with E-state index < -0.39 is 29.9 Å². The normalized spacial score (nSPS) is 41.1. The molecular formula is C32H52O6. The lowest BCUT2D eigenvalue weighted by Crippen LogP contribution is -2.65. The van der Waals surface area contributed by atoms with Gasteiger partial charge in [-0.05, 0) is 92.8 Å². The maximum absolute atomic E-state index is 12.9. The minimum absolute atomic E-state index is 0.0405. The molecule has 9 atom stereocenters. The van der Waals surface area contributed by atoms with Crippen LogP contribution in [0.2, 0.25) is 0 Å². The predicted molar refractivity (Wildman–Crippen MR) is 147 cm³/mol. The number of aliphatic hydroxyl groups is 3. The molecule has 0 aromatic heterocycles. The first-order valence-corrected chi connectivity index (χ1v) is 14.8. The monoisotopic (exact) mass is 532 g/mol. The summed E-state index contributed by atoms with van der Waals surface area (Å²) in [5, 5.41) is 33.1. The average molecular weight is 533 g/mol. The number of carbonyl (C=O) groups excluding carboxylic acids is 2. The first-order valence-electron chi connectivity index (χ1n) is 14.8. The molecule has 38 heavy (non-hydrogen) atoms. The molecule has 6 nitrogen and oxygen atoms in total. The lowest BCUT2D eigenvalue weighted by molar-refractivity contribution is -0.208. The summed E-state index contributed by atoms with van der Waals surface area (Å²) in [6.45, 7) is 17.9. The van der Waals surface area contributed by atoms with Crippen LogP contribution in [0.25, 0.3) is 0 Å². The number of rotatable bonds is 6. The maximum Gasteiger partial charge on any atom is 0.302 e. The van der Waals surface area contributed by atoms with E-state index in [1.807, 2.05) is 0 Å². The molecule has 3 saturated carbocycles. The van der Waals surface area contributed by atoms with Crippen molar-refractivity contribution >= 4 is 11.8 Å². The Morgan fingerprint density at radius 3 is 2.32 bits per heavy atom. The number of carbonyl (C=O) groups is 2. The Hall–Kier alpha value is -1.24. The Kier molecular flexibility index (Phi) is 7.36. The Balaban J connectivity index is 1.68. The van der Waals surface area contributed by atoms with Crippen LogP contribution in [-0.4, -0.2) is 51.0 Å². The number of hydrogen-bond donors (Lipinski definition) is 3. The number of ketones is 1. The first-order chi connectivity index (χ1) is 17.3. The highest BCUT2D eigenvalue weighted by molar-refractivity contribution is 5.85. The average Bonchev–Trinajstić information content (AvgIpc) is 3.12. The summed E-state index contributed by atoms with van der Waals surface area (Å²) in [5.41, 5.74) is 0.711. The van der Waals surface area contributed by atoms with Gasteiger partial charge in [-0.3, -0.25) is 9.59 Å². The highest BCUT2D eigenvalue weighted by Gasteiger charge is 2.69. The Labute approximate surface area is 229 Å². The number of hydrogen-bond acceptors (Lipinski definition) is 6. The molecule has 3 fully saturated rings. The molecule has 0 bridgehead atoms. The molecule has 216 valence electrons. The van der Waals surface area contributed by atoms with Crippen LogP contribution in [0.5, 0.6) is 0 Å². The fraction of sp³-hybridized carbons (Fsp3) is 0.875. The van der Waals surface area contributed by atoms with Crippen LogP contribution in [0.15, 0.2) is 11.1 Å². The van der Waals surface area contributed by atoms with Gasteiger partial charge in [0.25, 0.3) is 0 Å². The summed E-state index contributed by atoms with van der Waals surface area (Å²) >= 11 is 0. The van der Waals surface area contributed by atoms with Crippen LogP contribution in [0.3, 0.4) is 0 Å². The van der Waals surface area contributed by atoms with Crippen LogP contribution < -0.4 is 0 Å². The topological polar surface area (TPSA) is 104 Å². The van der Waals surface area contributed by atoms with Crippen molar-refractivity contribution < 1.29 is 29.6 Å². The zero-order chi connectivity index (χ0) is 28.6. The molecule has 0 aromatic carbocycles. The number of esters is 1. The van der Waals surface area contributed by atoms with Crippen molar-refractivity contribution in [2.75, 3.05) is 0 Å². The van der Waals surface area contributed by atoms with Gasteiger partial charge in [0.05, 0.1) is 11.7 Å². The summed E-state index contributed by atoms with van der Waals surface area (Å²) < 4.78 is 5.51. The van der Waals surface area contributed by atoms with E-state index in [1.165, 1.54) is 31.9 Å². The zero-order valence-electron chi connectivity index (χ0n) is 25.2. The molecule has 0 radical (unpaired) electrons. The van der Waals surface area contributed by atoms with Crippen molar-refractivity contribution in [2.45, 2.75) is 138 Å². The SMILES string of the molecule is CC(=O)O[C@@H](C[C@@H](C)C1=C2C[C@H](O)[C@H]3[C@@]4(C)CCC(=O)C(C)(C)[C@@H]4CC[C@]3(C)[C@@]2(C)CC1)[C@@H](O)C(C)(C)O. The second kappa shape index (κ2) is 9.41. The molecule has 0 unspecified atom stereocenters. The van der Waals surface area contributed by atoms with Crippen molar-refractivity contribution in [2.24, 2.45) is 39.4 Å². The van der Waals surface area contributed by atoms with Crippen LogP contribution >= 0.6 is 0 Å². The van der Waals surface area contributed by atoms with Gasteiger partial charge in [-0.1, -0.05) is 52.7 Å². The summed E-state index contributed by atoms with van der Waals surface area (Å²) in [6, 6.07) is 0. The lowest BCUT2D eigenvalue weighted by atomic mass is 9.36. The van der Waals surface area contributed by atoms with Crippen LogP contribution in [0, 0.1) is 39.4 Å². The van der Waals surface area contributed by atoms with Gasteiger partial charge < -0.3 is 20.1 Å². The van der Waals surface area contributed by atoms with E-state index in [1.54, 1.807) is 0 Å². The van der Waals surface area contributed by atoms with Crippen LogP contribution in [0.4, 0.5) is 0 Å². The van der Waals surface area contributed by atoms with Gasteiger partial charge in [0.15, 0.2) is 0 Å². The fourth-order valence-corrected chi connectivity index (χ4v) is 10.1. The van der Waals surface area contributed by atoms with Crippen LogP contribution in [0.1, 0.15) is 114 Å². The van der Waals surface area contributed by atoms with Crippen molar-refractivity contribution in [3.8, 4) is 0 Å². The van der Waals surface area contributed by atoms with E-state index in [-0.39, 0.29) is 39.4 Å². The van der Waals surface area contributed by atoms with Crippen molar-refractivity contribution in [3.05, 3.63) is 11.1 Å². The molecule has 0 saturated heterocycles. The van der Waals surface area contributed by atoms with Gasteiger partial charge in [0, 0.05) is 18.8 Å². The highest BCUT2D eigenvalue weighted by Crippen LogP contribution is 2.74. The Bertz CT molecular complexity index is 1010. The van der Waals surface area contributed by atoms with Crippen molar-refractivity contribution in [1.29, 1.82) is 0 Å². The smallest absolute Gasteiger partial charge is 0.302 e. The third kappa shape index (κ3) is 4.32. The molecule has 4 rings (SSSR count). The lowest BCUT2D eigenvalue weighted by Gasteiger charge is -2.69. The van der Waals surface area contributed by atoms with Crippen molar-refractivity contribution in [3.63, 3.8) is 0 Å². The van der Waals surface area contributed by atoms with Gasteiger partial charge in [-0.15, -0.1) is 0 Å². The first kappa shape index (κ1) is 29.7. The molecule has 6 heteroatoms. The third-order valence-electron chi connectivity index (χ3n) is 12.2. The summed E-state index contributed by atoms with van der Waals surface area (Å²) in [5.74, 6) is 0.356. The maximum atomic E-state index is 12.9. The fourth-order valence-electron chi connectivity index (χ4n) is 10.1. The molecule has 4 aliphatic carbocycles. The molecule has 3 N–H and O–H groups in total. The van der Waals surface area contributed by atoms with E-state index in [4.69, 9.17) is 4.74 Å². The molecule has 4 aliphatic rings. The molecule has 0 spiro atoms. The molecule has 0 heterocycles. The van der Waals surface area contributed by atoms with E-state index in [2.05, 4.69) is 41.5 Å². The second-order valence-electron chi connectivity index (χ2n) is 15.1. The van der Waals surface area contributed by atoms with Gasteiger partial charge in [0.2, 0.25) is 0 Å². The molecular weight excluding hydrogens is 480 g/mol. The molecule has 0 aromatic rings. The summed E-state index contributed by atoms with van der Waals surface area (Å²) in [4.78, 5) is 24.8. The van der Waals surface area contributed by atoms with Gasteiger partial charge in [0.1, 0.15) is 18.0 Å². The van der Waals surface area contributed by atoms with E-state index in [9.17, 15) is 24.9 Å². The largest absolute Gasteiger partial charge is 0.460 e. The quantitative estimate of drug-likeness (QED) is 0.314. The van der Waals surface area contributed by atoms with Gasteiger partial charge in [-0.2, -0.15) is 0 Å². The van der Waals surface area contributed by atoms with E-state index >= 15 is 0 Å². The number of aliphatic hydroxyl groups excluding tert-OH is 2. The number of ether oxygens (including phenoxy) is 1. The minimum atomic E-state index is -1.40. The van der Waals surface area contributed by atoms with E-state index in [0.29, 0.717) is 25.0 Å². The number of fused-ring (bicyclic) bond motifs is 5. The third-order valence-corrected chi connectivity index (χ3v) is 12.2. The van der Waals surface area contributed by atoms with Gasteiger partial charge in [-0.25, -0.2) is 0 Å². The van der Waals surface area contributed by atoms with Crippen molar-refractivity contribution in [1.82, 2.24) is 0 Å². The Morgan fingerprint density at radius 1 is 1.11 bits per heavy atom. The minimum Gasteiger partial charge on any atom is -0.460 e.